The summed E-state index contributed by atoms with van der Waals surface area (Å²) < 4.78 is 5.16. The Morgan fingerprint density at radius 1 is 1.43 bits per heavy atom. The molecule has 1 aromatic rings. The number of nitrogens with zero attached hydrogens (tertiary/aromatic N) is 2. The number of ether oxygens (including phenoxy) is 1. The highest BCUT2D eigenvalue weighted by molar-refractivity contribution is 5.82. The molecule has 6 nitrogen and oxygen atoms in total. The van der Waals surface area contributed by atoms with Crippen molar-refractivity contribution in [2.24, 2.45) is 5.92 Å². The van der Waals surface area contributed by atoms with Crippen molar-refractivity contribution >= 4 is 12.0 Å². The first-order valence-electron chi connectivity index (χ1n) is 7.44. The number of aromatic nitrogens is 2. The molecule has 116 valence electrons. The summed E-state index contributed by atoms with van der Waals surface area (Å²) in [5, 5.41) is 5.93. The second-order valence-electron chi connectivity index (χ2n) is 6.46. The van der Waals surface area contributed by atoms with Gasteiger partial charge in [0.05, 0.1) is 0 Å². The minimum Gasteiger partial charge on any atom is -0.444 e. The van der Waals surface area contributed by atoms with E-state index in [0.29, 0.717) is 5.92 Å². The van der Waals surface area contributed by atoms with E-state index in [0.717, 1.165) is 25.1 Å². The molecule has 0 aliphatic carbocycles. The molecule has 1 unspecified atom stereocenters. The average molecular weight is 292 g/mol. The summed E-state index contributed by atoms with van der Waals surface area (Å²) in [5.41, 5.74) is 0.566. The molecule has 2 heterocycles. The first-order chi connectivity index (χ1) is 9.92. The number of anilines is 1. The van der Waals surface area contributed by atoms with Crippen LogP contribution in [0, 0.1) is 5.92 Å². The Balaban J connectivity index is 1.85. The molecule has 1 saturated heterocycles. The van der Waals surface area contributed by atoms with Crippen LogP contribution < -0.4 is 10.6 Å². The summed E-state index contributed by atoms with van der Waals surface area (Å²) in [5.74, 6) is 0.918. The zero-order valence-electron chi connectivity index (χ0n) is 13.0. The van der Waals surface area contributed by atoms with Crippen LogP contribution in [0.4, 0.5) is 10.7 Å². The van der Waals surface area contributed by atoms with Gasteiger partial charge in [-0.1, -0.05) is 0 Å². The zero-order chi connectivity index (χ0) is 15.3. The van der Waals surface area contributed by atoms with Crippen molar-refractivity contribution < 1.29 is 9.53 Å². The molecule has 0 radical (unpaired) electrons. The van der Waals surface area contributed by atoms with Gasteiger partial charge in [-0.05, 0) is 64.6 Å². The second kappa shape index (κ2) is 6.85. The largest absolute Gasteiger partial charge is 0.444 e. The van der Waals surface area contributed by atoms with Crippen LogP contribution in [0.5, 0.6) is 0 Å². The minimum atomic E-state index is -0.535. The van der Waals surface area contributed by atoms with E-state index >= 15 is 0 Å². The van der Waals surface area contributed by atoms with E-state index in [9.17, 15) is 4.79 Å². The molecule has 6 heteroatoms. The molecule has 0 bridgehead atoms. The first-order valence-corrected chi connectivity index (χ1v) is 7.44. The van der Waals surface area contributed by atoms with Crippen LogP contribution >= 0.6 is 0 Å². The van der Waals surface area contributed by atoms with Crippen molar-refractivity contribution in [3.05, 3.63) is 18.0 Å². The molecule has 1 aliphatic heterocycles. The number of nitrogens with one attached hydrogen (secondary N) is 2. The fraction of sp³-hybridized carbons (Fsp3) is 0.667. The molecule has 1 aliphatic rings. The number of amides is 1. The molecular formula is C15H24N4O2. The summed E-state index contributed by atoms with van der Waals surface area (Å²) in [7, 11) is 0. The van der Waals surface area contributed by atoms with Crippen molar-refractivity contribution in [3.63, 3.8) is 0 Å². The quantitative estimate of drug-likeness (QED) is 0.894. The molecule has 0 aromatic carbocycles. The van der Waals surface area contributed by atoms with E-state index in [4.69, 9.17) is 4.74 Å². The molecule has 1 amide bonds. The number of hydrogen-bond acceptors (Lipinski definition) is 5. The van der Waals surface area contributed by atoms with E-state index in [2.05, 4.69) is 20.6 Å². The summed E-state index contributed by atoms with van der Waals surface area (Å²) in [6.07, 6.45) is 6.45. The van der Waals surface area contributed by atoms with Crippen LogP contribution in [0.1, 0.15) is 39.2 Å². The summed E-state index contributed by atoms with van der Waals surface area (Å²) in [6, 6.07) is 0. The van der Waals surface area contributed by atoms with E-state index in [1.165, 1.54) is 12.8 Å². The van der Waals surface area contributed by atoms with Gasteiger partial charge in [-0.2, -0.15) is 0 Å². The Bertz CT molecular complexity index is 462. The smallest absolute Gasteiger partial charge is 0.414 e. The fourth-order valence-electron chi connectivity index (χ4n) is 2.35. The lowest BCUT2D eigenvalue weighted by Gasteiger charge is -2.22. The number of carbonyl (C=O) groups excluding carboxylic acids is 1. The maximum atomic E-state index is 11.6. The lowest BCUT2D eigenvalue weighted by atomic mass is 9.93. The normalized spacial score (nSPS) is 19.1. The number of carbonyl (C=O) groups is 1. The minimum absolute atomic E-state index is 0.273. The molecule has 21 heavy (non-hydrogen) atoms. The van der Waals surface area contributed by atoms with E-state index < -0.39 is 11.7 Å². The van der Waals surface area contributed by atoms with Crippen LogP contribution in [-0.2, 0) is 11.2 Å². The Morgan fingerprint density at radius 2 is 2.14 bits per heavy atom. The Kier molecular flexibility index (Phi) is 5.12. The third-order valence-electron chi connectivity index (χ3n) is 3.24. The van der Waals surface area contributed by atoms with Crippen LogP contribution in [0.3, 0.4) is 0 Å². The van der Waals surface area contributed by atoms with Gasteiger partial charge in [0, 0.05) is 12.4 Å². The van der Waals surface area contributed by atoms with Crippen LogP contribution in [0.2, 0.25) is 0 Å². The first kappa shape index (κ1) is 15.7. The molecule has 0 saturated carbocycles. The van der Waals surface area contributed by atoms with Gasteiger partial charge in [0.15, 0.2) is 0 Å². The predicted octanol–water partition coefficient (Wildman–Crippen LogP) is 2.37. The van der Waals surface area contributed by atoms with Gasteiger partial charge in [0.1, 0.15) is 5.60 Å². The Labute approximate surface area is 125 Å². The van der Waals surface area contributed by atoms with Crippen molar-refractivity contribution in [2.45, 2.75) is 45.6 Å². The van der Waals surface area contributed by atoms with E-state index in [1.807, 2.05) is 20.8 Å². The second-order valence-corrected chi connectivity index (χ2v) is 6.46. The van der Waals surface area contributed by atoms with E-state index in [-0.39, 0.29) is 5.95 Å². The lowest BCUT2D eigenvalue weighted by Crippen LogP contribution is -2.31. The standard InChI is InChI=1S/C15H24N4O2/c1-15(2,3)21-14(20)19-13-17-9-12(10-18-13)7-11-5-4-6-16-8-11/h9-11,16H,4-8H2,1-3H3,(H,17,18,19,20). The van der Waals surface area contributed by atoms with Crippen LogP contribution in [-0.4, -0.2) is 34.8 Å². The van der Waals surface area contributed by atoms with Gasteiger partial charge >= 0.3 is 6.09 Å². The van der Waals surface area contributed by atoms with Gasteiger partial charge in [-0.25, -0.2) is 14.8 Å². The molecular weight excluding hydrogens is 268 g/mol. The Hall–Kier alpha value is -1.69. The maximum absolute atomic E-state index is 11.6. The Morgan fingerprint density at radius 3 is 2.71 bits per heavy atom. The van der Waals surface area contributed by atoms with Gasteiger partial charge in [0.25, 0.3) is 0 Å². The molecule has 2 rings (SSSR count). The van der Waals surface area contributed by atoms with Gasteiger partial charge < -0.3 is 10.1 Å². The highest BCUT2D eigenvalue weighted by Crippen LogP contribution is 2.16. The molecule has 2 N–H and O–H groups in total. The fourth-order valence-corrected chi connectivity index (χ4v) is 2.35. The summed E-state index contributed by atoms with van der Waals surface area (Å²) >= 11 is 0. The molecule has 1 fully saturated rings. The van der Waals surface area contributed by atoms with E-state index in [1.54, 1.807) is 12.4 Å². The summed E-state index contributed by atoms with van der Waals surface area (Å²) in [4.78, 5) is 19.9. The highest BCUT2D eigenvalue weighted by Gasteiger charge is 2.17. The average Bonchev–Trinajstić information content (AvgIpc) is 2.40. The van der Waals surface area contributed by atoms with Gasteiger partial charge in [-0.15, -0.1) is 0 Å². The highest BCUT2D eigenvalue weighted by atomic mass is 16.6. The third-order valence-corrected chi connectivity index (χ3v) is 3.24. The third kappa shape index (κ3) is 5.67. The number of piperidine rings is 1. The van der Waals surface area contributed by atoms with Crippen molar-refractivity contribution in [3.8, 4) is 0 Å². The van der Waals surface area contributed by atoms with Crippen molar-refractivity contribution in [2.75, 3.05) is 18.4 Å². The van der Waals surface area contributed by atoms with Gasteiger partial charge in [-0.3, -0.25) is 5.32 Å². The topological polar surface area (TPSA) is 76.1 Å². The van der Waals surface area contributed by atoms with Crippen molar-refractivity contribution in [1.29, 1.82) is 0 Å². The molecule has 0 spiro atoms. The van der Waals surface area contributed by atoms with Crippen molar-refractivity contribution in [1.82, 2.24) is 15.3 Å². The summed E-state index contributed by atoms with van der Waals surface area (Å²) in [6.45, 7) is 7.61. The van der Waals surface area contributed by atoms with Crippen LogP contribution in [0.15, 0.2) is 12.4 Å². The maximum Gasteiger partial charge on any atom is 0.414 e. The SMILES string of the molecule is CC(C)(C)OC(=O)Nc1ncc(CC2CCCNC2)cn1. The molecule has 1 atom stereocenters. The monoisotopic (exact) mass is 292 g/mol. The predicted molar refractivity (Wildman–Crippen MR) is 81.2 cm³/mol. The number of hydrogen-bond donors (Lipinski definition) is 2. The molecule has 1 aromatic heterocycles. The van der Waals surface area contributed by atoms with Crippen LogP contribution in [0.25, 0.3) is 0 Å². The number of rotatable bonds is 3. The lowest BCUT2D eigenvalue weighted by molar-refractivity contribution is 0.0634. The van der Waals surface area contributed by atoms with Gasteiger partial charge in [0.2, 0.25) is 5.95 Å². The zero-order valence-corrected chi connectivity index (χ0v) is 13.0.